The van der Waals surface area contributed by atoms with Crippen LogP contribution in [0.5, 0.6) is 0 Å². The first-order valence-corrected chi connectivity index (χ1v) is 10.8. The number of rotatable bonds is 3. The Morgan fingerprint density at radius 3 is 2.59 bits per heavy atom. The molecule has 4 aromatic rings. The Kier molecular flexibility index (Phi) is 4.48. The Labute approximate surface area is 173 Å². The van der Waals surface area contributed by atoms with Crippen LogP contribution in [-0.2, 0) is 19.4 Å². The van der Waals surface area contributed by atoms with Gasteiger partial charge in [0, 0.05) is 41.6 Å². The Hall–Kier alpha value is -2.58. The topological polar surface area (TPSA) is 8.17 Å². The summed E-state index contributed by atoms with van der Waals surface area (Å²) in [5, 5.41) is 4.17. The fourth-order valence-electron chi connectivity index (χ4n) is 5.24. The highest BCUT2D eigenvalue weighted by Crippen LogP contribution is 2.39. The minimum Gasteiger partial charge on any atom is -0.344 e. The lowest BCUT2D eigenvalue weighted by atomic mass is 9.93. The third-order valence-corrected chi connectivity index (χ3v) is 7.07. The summed E-state index contributed by atoms with van der Waals surface area (Å²) in [5.41, 5.74) is 7.28. The van der Waals surface area contributed by atoms with Crippen molar-refractivity contribution in [2.24, 2.45) is 0 Å². The van der Waals surface area contributed by atoms with E-state index < -0.39 is 0 Å². The molecule has 148 valence electrons. The average Bonchev–Trinajstić information content (AvgIpc) is 3.02. The van der Waals surface area contributed by atoms with Gasteiger partial charge in [-0.2, -0.15) is 0 Å². The van der Waals surface area contributed by atoms with E-state index in [-0.39, 0.29) is 0 Å². The molecule has 2 nitrogen and oxygen atoms in total. The van der Waals surface area contributed by atoms with Crippen molar-refractivity contribution in [3.05, 3.63) is 83.0 Å². The van der Waals surface area contributed by atoms with Crippen molar-refractivity contribution < 1.29 is 0 Å². The molecule has 0 radical (unpaired) electrons. The van der Waals surface area contributed by atoms with Gasteiger partial charge in [0.25, 0.3) is 0 Å². The summed E-state index contributed by atoms with van der Waals surface area (Å²) in [5.74, 6) is 0. The van der Waals surface area contributed by atoms with Gasteiger partial charge in [-0.1, -0.05) is 54.1 Å². The number of aromatic nitrogens is 1. The lowest BCUT2D eigenvalue weighted by Gasteiger charge is -2.37. The van der Waals surface area contributed by atoms with Crippen LogP contribution in [0.1, 0.15) is 42.3 Å². The van der Waals surface area contributed by atoms with Crippen LogP contribution >= 0.6 is 0 Å². The SMILES string of the molecule is Cc1ccc2c(c1)c1c(n2CCc2cccc3ccccc23)CC(C)N(C)C1C. The normalized spacial score (nSPS) is 19.7. The van der Waals surface area contributed by atoms with Gasteiger partial charge < -0.3 is 4.57 Å². The molecule has 29 heavy (non-hydrogen) atoms. The van der Waals surface area contributed by atoms with Gasteiger partial charge in [-0.05, 0) is 68.3 Å². The van der Waals surface area contributed by atoms with Crippen LogP contribution < -0.4 is 0 Å². The highest BCUT2D eigenvalue weighted by Gasteiger charge is 2.31. The quantitative estimate of drug-likeness (QED) is 0.405. The molecule has 0 saturated heterocycles. The number of fused-ring (bicyclic) bond motifs is 4. The minimum atomic E-state index is 0.455. The van der Waals surface area contributed by atoms with Gasteiger partial charge >= 0.3 is 0 Å². The maximum absolute atomic E-state index is 2.62. The maximum atomic E-state index is 2.62. The van der Waals surface area contributed by atoms with Crippen molar-refractivity contribution in [3.63, 3.8) is 0 Å². The Morgan fingerprint density at radius 1 is 0.931 bits per heavy atom. The Balaban J connectivity index is 1.61. The summed E-state index contributed by atoms with van der Waals surface area (Å²) >= 11 is 0. The molecule has 2 heterocycles. The van der Waals surface area contributed by atoms with Crippen molar-refractivity contribution in [1.82, 2.24) is 9.47 Å². The lowest BCUT2D eigenvalue weighted by molar-refractivity contribution is 0.177. The van der Waals surface area contributed by atoms with E-state index in [0.29, 0.717) is 12.1 Å². The first-order chi connectivity index (χ1) is 14.0. The fraction of sp³-hybridized carbons (Fsp3) is 0.333. The number of hydrogen-bond acceptors (Lipinski definition) is 1. The summed E-state index contributed by atoms with van der Waals surface area (Å²) in [7, 11) is 2.27. The van der Waals surface area contributed by atoms with Gasteiger partial charge in [0.15, 0.2) is 0 Å². The number of hydrogen-bond donors (Lipinski definition) is 0. The molecule has 2 unspecified atom stereocenters. The van der Waals surface area contributed by atoms with Crippen LogP contribution in [0.3, 0.4) is 0 Å². The van der Waals surface area contributed by atoms with Crippen molar-refractivity contribution in [3.8, 4) is 0 Å². The second kappa shape index (κ2) is 7.03. The molecule has 2 atom stereocenters. The van der Waals surface area contributed by atoms with Gasteiger partial charge in [-0.25, -0.2) is 0 Å². The molecule has 0 amide bonds. The van der Waals surface area contributed by atoms with E-state index in [1.807, 2.05) is 0 Å². The fourth-order valence-corrected chi connectivity index (χ4v) is 5.24. The van der Waals surface area contributed by atoms with Gasteiger partial charge in [0.2, 0.25) is 0 Å². The molecule has 0 spiro atoms. The lowest BCUT2D eigenvalue weighted by Crippen LogP contribution is -2.38. The third kappa shape index (κ3) is 2.98. The molecular weight excluding hydrogens is 352 g/mol. The van der Waals surface area contributed by atoms with E-state index in [9.17, 15) is 0 Å². The smallest absolute Gasteiger partial charge is 0.0486 e. The third-order valence-electron chi connectivity index (χ3n) is 7.07. The molecule has 0 aliphatic carbocycles. The summed E-state index contributed by atoms with van der Waals surface area (Å²) in [6, 6.07) is 23.5. The molecule has 3 aromatic carbocycles. The number of likely N-dealkylation sites (N-methyl/N-ethyl adjacent to an activating group) is 1. The van der Waals surface area contributed by atoms with Crippen LogP contribution in [-0.4, -0.2) is 22.6 Å². The van der Waals surface area contributed by atoms with Crippen LogP contribution in [0.25, 0.3) is 21.7 Å². The zero-order chi connectivity index (χ0) is 20.1. The van der Waals surface area contributed by atoms with E-state index in [1.165, 1.54) is 32.8 Å². The Morgan fingerprint density at radius 2 is 1.72 bits per heavy atom. The number of aryl methyl sites for hydroxylation is 3. The standard InChI is InChI=1S/C27H30N2/c1-18-12-13-25-24(16-18)27-20(3)28(4)19(2)17-26(27)29(25)15-14-22-10-7-9-21-8-5-6-11-23(21)22/h5-13,16,19-20H,14-15,17H2,1-4H3. The number of benzene rings is 3. The van der Waals surface area contributed by atoms with Crippen molar-refractivity contribution in [2.75, 3.05) is 7.05 Å². The maximum Gasteiger partial charge on any atom is 0.0486 e. The minimum absolute atomic E-state index is 0.455. The van der Waals surface area contributed by atoms with Gasteiger partial charge in [-0.3, -0.25) is 4.90 Å². The summed E-state index contributed by atoms with van der Waals surface area (Å²) in [4.78, 5) is 2.53. The van der Waals surface area contributed by atoms with E-state index in [4.69, 9.17) is 0 Å². The zero-order valence-electron chi connectivity index (χ0n) is 17.9. The second-order valence-electron chi connectivity index (χ2n) is 8.82. The summed E-state index contributed by atoms with van der Waals surface area (Å²) in [6.07, 6.45) is 2.18. The van der Waals surface area contributed by atoms with Crippen LogP contribution in [0.4, 0.5) is 0 Å². The molecule has 1 aliphatic rings. The molecule has 0 fully saturated rings. The first kappa shape index (κ1) is 18.4. The molecule has 0 N–H and O–H groups in total. The monoisotopic (exact) mass is 382 g/mol. The van der Waals surface area contributed by atoms with Crippen molar-refractivity contribution >= 4 is 21.7 Å². The van der Waals surface area contributed by atoms with Crippen LogP contribution in [0.15, 0.2) is 60.7 Å². The molecule has 1 aromatic heterocycles. The first-order valence-electron chi connectivity index (χ1n) is 10.8. The summed E-state index contributed by atoms with van der Waals surface area (Å²) in [6.45, 7) is 7.97. The predicted octanol–water partition coefficient (Wildman–Crippen LogP) is 6.28. The molecule has 0 saturated carbocycles. The predicted molar refractivity (Wildman–Crippen MR) is 124 cm³/mol. The average molecular weight is 383 g/mol. The van der Waals surface area contributed by atoms with Crippen LogP contribution in [0.2, 0.25) is 0 Å². The largest absolute Gasteiger partial charge is 0.344 e. The molecule has 1 aliphatic heterocycles. The molecule has 0 bridgehead atoms. The zero-order valence-corrected chi connectivity index (χ0v) is 17.9. The van der Waals surface area contributed by atoms with E-state index in [0.717, 1.165) is 19.4 Å². The van der Waals surface area contributed by atoms with Gasteiger partial charge in [0.1, 0.15) is 0 Å². The highest BCUT2D eigenvalue weighted by molar-refractivity contribution is 5.88. The highest BCUT2D eigenvalue weighted by atomic mass is 15.2. The van der Waals surface area contributed by atoms with Crippen molar-refractivity contribution in [1.29, 1.82) is 0 Å². The molecule has 5 rings (SSSR count). The van der Waals surface area contributed by atoms with Gasteiger partial charge in [0.05, 0.1) is 0 Å². The second-order valence-corrected chi connectivity index (χ2v) is 8.82. The number of nitrogens with zero attached hydrogens (tertiary/aromatic N) is 2. The van der Waals surface area contributed by atoms with Crippen LogP contribution in [0, 0.1) is 6.92 Å². The van der Waals surface area contributed by atoms with Gasteiger partial charge in [-0.15, -0.1) is 0 Å². The van der Waals surface area contributed by atoms with E-state index >= 15 is 0 Å². The van der Waals surface area contributed by atoms with E-state index in [1.54, 1.807) is 11.3 Å². The Bertz CT molecular complexity index is 1190. The van der Waals surface area contributed by atoms with Crippen molar-refractivity contribution in [2.45, 2.75) is 52.2 Å². The van der Waals surface area contributed by atoms with E-state index in [2.05, 4.69) is 97.9 Å². The molecular formula is C27H30N2. The summed E-state index contributed by atoms with van der Waals surface area (Å²) < 4.78 is 2.62. The molecule has 2 heteroatoms.